The van der Waals surface area contributed by atoms with E-state index in [0.29, 0.717) is 11.6 Å². The summed E-state index contributed by atoms with van der Waals surface area (Å²) in [7, 11) is 0. The van der Waals surface area contributed by atoms with E-state index in [1.54, 1.807) is 18.3 Å². The second kappa shape index (κ2) is 6.31. The molecule has 0 aliphatic rings. The summed E-state index contributed by atoms with van der Waals surface area (Å²) in [6.07, 6.45) is 4.80. The molecule has 0 fully saturated rings. The van der Waals surface area contributed by atoms with Crippen molar-refractivity contribution in [3.8, 4) is 6.07 Å². The van der Waals surface area contributed by atoms with Crippen LogP contribution >= 0.6 is 11.8 Å². The number of hydrogen-bond donors (Lipinski definition) is 1. The number of nitrogens with one attached hydrogen (secondary N) is 1. The number of thioether (sulfide) groups is 1. The van der Waals surface area contributed by atoms with Gasteiger partial charge in [-0.15, -0.1) is 0 Å². The van der Waals surface area contributed by atoms with Gasteiger partial charge in [-0.25, -0.2) is 4.98 Å². The van der Waals surface area contributed by atoms with Crippen LogP contribution in [0.1, 0.15) is 18.9 Å². The quantitative estimate of drug-likeness (QED) is 0.830. The molecule has 3 nitrogen and oxygen atoms in total. The Labute approximate surface area is 94.9 Å². The summed E-state index contributed by atoms with van der Waals surface area (Å²) in [5.74, 6) is 1.84. The number of anilines is 1. The van der Waals surface area contributed by atoms with Crippen molar-refractivity contribution in [3.05, 3.63) is 23.9 Å². The summed E-state index contributed by atoms with van der Waals surface area (Å²) in [6.45, 7) is 2.14. The first kappa shape index (κ1) is 11.9. The van der Waals surface area contributed by atoms with Gasteiger partial charge in [0.1, 0.15) is 5.82 Å². The SMILES string of the molecule is CCC(CSC)Nc1cc(C#N)ccn1. The first-order chi connectivity index (χ1) is 7.30. The number of aromatic nitrogens is 1. The Bertz CT molecular complexity index is 346. The highest BCUT2D eigenvalue weighted by Gasteiger charge is 2.05. The van der Waals surface area contributed by atoms with E-state index in [2.05, 4.69) is 29.5 Å². The molecule has 1 aromatic rings. The number of nitrogens with zero attached hydrogens (tertiary/aromatic N) is 2. The summed E-state index contributed by atoms with van der Waals surface area (Å²) in [4.78, 5) is 4.19. The molecule has 1 rings (SSSR count). The monoisotopic (exact) mass is 221 g/mol. The highest BCUT2D eigenvalue weighted by Crippen LogP contribution is 2.11. The molecular weight excluding hydrogens is 206 g/mol. The van der Waals surface area contributed by atoms with E-state index in [1.165, 1.54) is 0 Å². The molecule has 1 heterocycles. The molecule has 15 heavy (non-hydrogen) atoms. The van der Waals surface area contributed by atoms with Crippen LogP contribution in [-0.2, 0) is 0 Å². The molecule has 1 aromatic heterocycles. The summed E-state index contributed by atoms with van der Waals surface area (Å²) >= 11 is 1.81. The van der Waals surface area contributed by atoms with Crippen LogP contribution in [0.2, 0.25) is 0 Å². The van der Waals surface area contributed by atoms with Gasteiger partial charge in [0.15, 0.2) is 0 Å². The lowest BCUT2D eigenvalue weighted by Gasteiger charge is -2.16. The van der Waals surface area contributed by atoms with Crippen molar-refractivity contribution < 1.29 is 0 Å². The van der Waals surface area contributed by atoms with Crippen molar-refractivity contribution in [2.75, 3.05) is 17.3 Å². The zero-order valence-corrected chi connectivity index (χ0v) is 9.84. The molecule has 4 heteroatoms. The van der Waals surface area contributed by atoms with Crippen molar-refractivity contribution in [2.24, 2.45) is 0 Å². The molecular formula is C11H15N3S. The van der Waals surface area contributed by atoms with Crippen LogP contribution in [0, 0.1) is 11.3 Å². The summed E-state index contributed by atoms with van der Waals surface area (Å²) in [5, 5.41) is 12.1. The van der Waals surface area contributed by atoms with E-state index >= 15 is 0 Å². The average Bonchev–Trinajstić information content (AvgIpc) is 2.29. The third-order valence-electron chi connectivity index (χ3n) is 2.10. The second-order valence-corrected chi connectivity index (χ2v) is 4.16. The lowest BCUT2D eigenvalue weighted by molar-refractivity contribution is 0.770. The van der Waals surface area contributed by atoms with Crippen molar-refractivity contribution in [2.45, 2.75) is 19.4 Å². The largest absolute Gasteiger partial charge is 0.366 e. The molecule has 0 saturated heterocycles. The van der Waals surface area contributed by atoms with Crippen LogP contribution in [0.4, 0.5) is 5.82 Å². The Morgan fingerprint density at radius 2 is 2.47 bits per heavy atom. The highest BCUT2D eigenvalue weighted by molar-refractivity contribution is 7.98. The molecule has 0 amide bonds. The number of nitriles is 1. The molecule has 0 aliphatic carbocycles. The third kappa shape index (κ3) is 3.80. The van der Waals surface area contributed by atoms with E-state index in [1.807, 2.05) is 11.8 Å². The van der Waals surface area contributed by atoms with E-state index in [4.69, 9.17) is 5.26 Å². The minimum atomic E-state index is 0.418. The summed E-state index contributed by atoms with van der Waals surface area (Å²) < 4.78 is 0. The fraction of sp³-hybridized carbons (Fsp3) is 0.455. The predicted octanol–water partition coefficient (Wildman–Crippen LogP) is 2.51. The van der Waals surface area contributed by atoms with Gasteiger partial charge in [-0.3, -0.25) is 0 Å². The fourth-order valence-corrected chi connectivity index (χ4v) is 1.97. The predicted molar refractivity (Wildman–Crippen MR) is 65.0 cm³/mol. The first-order valence-electron chi connectivity index (χ1n) is 4.91. The maximum absolute atomic E-state index is 8.75. The first-order valence-corrected chi connectivity index (χ1v) is 6.31. The fourth-order valence-electron chi connectivity index (χ4n) is 1.25. The zero-order valence-electron chi connectivity index (χ0n) is 9.03. The number of rotatable bonds is 5. The lowest BCUT2D eigenvalue weighted by atomic mass is 10.2. The molecule has 1 atom stereocenters. The van der Waals surface area contributed by atoms with Crippen LogP contribution in [0.25, 0.3) is 0 Å². The Morgan fingerprint density at radius 1 is 1.67 bits per heavy atom. The molecule has 0 aliphatic heterocycles. The summed E-state index contributed by atoms with van der Waals surface area (Å²) in [6, 6.07) is 6.01. The van der Waals surface area contributed by atoms with Gasteiger partial charge in [-0.2, -0.15) is 17.0 Å². The molecule has 0 spiro atoms. The normalized spacial score (nSPS) is 11.8. The van der Waals surface area contributed by atoms with E-state index in [9.17, 15) is 0 Å². The Balaban J connectivity index is 2.66. The van der Waals surface area contributed by atoms with Gasteiger partial charge in [-0.1, -0.05) is 6.92 Å². The molecule has 0 saturated carbocycles. The molecule has 1 N–H and O–H groups in total. The topological polar surface area (TPSA) is 48.7 Å². The summed E-state index contributed by atoms with van der Waals surface area (Å²) in [5.41, 5.74) is 0.645. The van der Waals surface area contributed by atoms with Gasteiger partial charge in [0.2, 0.25) is 0 Å². The van der Waals surface area contributed by atoms with Crippen LogP contribution < -0.4 is 5.32 Å². The van der Waals surface area contributed by atoms with Gasteiger partial charge in [0.25, 0.3) is 0 Å². The van der Waals surface area contributed by atoms with Crippen molar-refractivity contribution >= 4 is 17.6 Å². The van der Waals surface area contributed by atoms with E-state index in [-0.39, 0.29) is 0 Å². The number of pyridine rings is 1. The zero-order chi connectivity index (χ0) is 11.1. The Morgan fingerprint density at radius 3 is 3.07 bits per heavy atom. The van der Waals surface area contributed by atoms with Crippen molar-refractivity contribution in [1.29, 1.82) is 5.26 Å². The Kier molecular flexibility index (Phi) is 4.99. The maximum atomic E-state index is 8.75. The van der Waals surface area contributed by atoms with Gasteiger partial charge < -0.3 is 5.32 Å². The second-order valence-electron chi connectivity index (χ2n) is 3.25. The third-order valence-corrected chi connectivity index (χ3v) is 2.84. The van der Waals surface area contributed by atoms with Gasteiger partial charge >= 0.3 is 0 Å². The minimum Gasteiger partial charge on any atom is -0.366 e. The average molecular weight is 221 g/mol. The van der Waals surface area contributed by atoms with Gasteiger partial charge in [0, 0.05) is 18.0 Å². The molecule has 80 valence electrons. The minimum absolute atomic E-state index is 0.418. The molecule has 0 aromatic carbocycles. The number of hydrogen-bond acceptors (Lipinski definition) is 4. The molecule has 0 radical (unpaired) electrons. The van der Waals surface area contributed by atoms with Crippen molar-refractivity contribution in [3.63, 3.8) is 0 Å². The van der Waals surface area contributed by atoms with E-state index in [0.717, 1.165) is 18.0 Å². The van der Waals surface area contributed by atoms with Gasteiger partial charge in [0.05, 0.1) is 11.6 Å². The van der Waals surface area contributed by atoms with Crippen LogP contribution in [0.3, 0.4) is 0 Å². The maximum Gasteiger partial charge on any atom is 0.127 e. The van der Waals surface area contributed by atoms with Gasteiger partial charge in [-0.05, 0) is 24.8 Å². The van der Waals surface area contributed by atoms with E-state index < -0.39 is 0 Å². The Hall–Kier alpha value is -1.21. The molecule has 0 bridgehead atoms. The van der Waals surface area contributed by atoms with Crippen molar-refractivity contribution in [1.82, 2.24) is 4.98 Å². The van der Waals surface area contributed by atoms with Crippen LogP contribution in [-0.4, -0.2) is 23.0 Å². The lowest BCUT2D eigenvalue weighted by Crippen LogP contribution is -2.21. The molecule has 1 unspecified atom stereocenters. The standard InChI is InChI=1S/C11H15N3S/c1-3-10(8-15-2)14-11-6-9(7-12)4-5-13-11/h4-6,10H,3,8H2,1-2H3,(H,13,14). The highest BCUT2D eigenvalue weighted by atomic mass is 32.2. The smallest absolute Gasteiger partial charge is 0.127 e. The van der Waals surface area contributed by atoms with Crippen LogP contribution in [0.15, 0.2) is 18.3 Å². The van der Waals surface area contributed by atoms with Crippen LogP contribution in [0.5, 0.6) is 0 Å².